The summed E-state index contributed by atoms with van der Waals surface area (Å²) in [7, 11) is 0. The zero-order valence-corrected chi connectivity index (χ0v) is 37.5. The van der Waals surface area contributed by atoms with Crippen LogP contribution in [0.1, 0.15) is 102 Å². The van der Waals surface area contributed by atoms with E-state index >= 15 is 0 Å². The van der Waals surface area contributed by atoms with Gasteiger partial charge >= 0.3 is 0 Å². The van der Waals surface area contributed by atoms with E-state index in [-0.39, 0.29) is 23.0 Å². The molecule has 0 atom stereocenters. The highest BCUT2D eigenvalue weighted by Gasteiger charge is 2.25. The van der Waals surface area contributed by atoms with E-state index < -0.39 is 0 Å². The summed E-state index contributed by atoms with van der Waals surface area (Å²) in [5.74, 6) is 1.87. The minimum Gasteiger partial charge on any atom is -0.507 e. The van der Waals surface area contributed by atoms with E-state index in [4.69, 9.17) is 9.97 Å². The maximum atomic E-state index is 12.2. The summed E-state index contributed by atoms with van der Waals surface area (Å²) in [5, 5.41) is 12.2. The Hall–Kier alpha value is -6.26. The molecule has 6 aromatic carbocycles. The first-order valence-corrected chi connectivity index (χ1v) is 21.9. The molecule has 0 aliphatic heterocycles. The minimum absolute atomic E-state index is 0.124. The predicted molar refractivity (Wildman–Crippen MR) is 258 cm³/mol. The largest absolute Gasteiger partial charge is 0.507 e. The van der Waals surface area contributed by atoms with E-state index in [0.717, 1.165) is 68.0 Å². The number of benzene rings is 6. The maximum Gasteiger partial charge on any atom is 0.149 e. The monoisotopic (exact) mass is 801 g/mol. The zero-order valence-electron chi connectivity index (χ0n) is 37.5. The number of hydrogen-bond acceptors (Lipinski definition) is 3. The number of phenolic OH excluding ortho intramolecular Hbond substituents is 1. The molecule has 0 aliphatic carbocycles. The molecule has 4 nitrogen and oxygen atoms in total. The Kier molecular flexibility index (Phi) is 11.3. The van der Waals surface area contributed by atoms with Crippen molar-refractivity contribution in [2.45, 2.75) is 92.9 Å². The minimum atomic E-state index is -0.124. The van der Waals surface area contributed by atoms with E-state index in [1.807, 2.05) is 6.20 Å². The van der Waals surface area contributed by atoms with E-state index in [0.29, 0.717) is 5.92 Å². The van der Waals surface area contributed by atoms with Crippen LogP contribution in [0.2, 0.25) is 0 Å². The van der Waals surface area contributed by atoms with Gasteiger partial charge in [-0.05, 0) is 135 Å². The van der Waals surface area contributed by atoms with Gasteiger partial charge in [-0.1, -0.05) is 153 Å². The number of fused-ring (bicyclic) bond motifs is 1. The van der Waals surface area contributed by atoms with Crippen molar-refractivity contribution in [1.82, 2.24) is 14.5 Å². The molecular formula is C57H59N3O. The van der Waals surface area contributed by atoms with E-state index in [9.17, 15) is 5.11 Å². The first-order chi connectivity index (χ1) is 29.2. The number of imidazole rings is 1. The van der Waals surface area contributed by atoms with E-state index in [1.54, 1.807) is 0 Å². The van der Waals surface area contributed by atoms with Crippen molar-refractivity contribution < 1.29 is 5.11 Å². The molecule has 0 saturated carbocycles. The van der Waals surface area contributed by atoms with Gasteiger partial charge in [0.05, 0.1) is 22.3 Å². The molecule has 0 aliphatic rings. The lowest BCUT2D eigenvalue weighted by molar-refractivity contribution is 0.466. The molecule has 0 saturated heterocycles. The molecule has 0 spiro atoms. The normalized spacial score (nSPS) is 12.0. The van der Waals surface area contributed by atoms with Crippen molar-refractivity contribution >= 4 is 11.0 Å². The quantitative estimate of drug-likeness (QED) is 0.150. The Morgan fingerprint density at radius 1 is 0.607 bits per heavy atom. The van der Waals surface area contributed by atoms with Gasteiger partial charge in [0.25, 0.3) is 0 Å². The molecule has 2 heterocycles. The van der Waals surface area contributed by atoms with Crippen LogP contribution in [0.4, 0.5) is 0 Å². The number of para-hydroxylation sites is 1. The van der Waals surface area contributed by atoms with Crippen molar-refractivity contribution in [3.63, 3.8) is 0 Å². The molecule has 0 amide bonds. The molecule has 0 fully saturated rings. The summed E-state index contributed by atoms with van der Waals surface area (Å²) >= 11 is 0. The molecule has 61 heavy (non-hydrogen) atoms. The standard InChI is InChI=1S/C57H59N3O/c1-35(2)27-43-31-47(23-24-48(43)40-15-12-11-13-16-40)60-53-18-14-17-49(54(53)59-56(60)51-33-42(36(3)4)32-50(37(5)6)55(51)61)44-28-45(30-46(29-44)57(8,9)10)52-34-41(25-26-58-52)39-21-19-38(7)20-22-39/h11-26,28-37,61H,27H2,1-10H3. The third-order valence-corrected chi connectivity index (χ3v) is 12.0. The van der Waals surface area contributed by atoms with Crippen LogP contribution in [0.15, 0.2) is 140 Å². The summed E-state index contributed by atoms with van der Waals surface area (Å²) in [6.07, 6.45) is 2.85. The molecule has 2 aromatic heterocycles. The average Bonchev–Trinajstić information content (AvgIpc) is 3.63. The number of rotatable bonds is 10. The summed E-state index contributed by atoms with van der Waals surface area (Å²) in [6.45, 7) is 22.2. The molecule has 8 rings (SSSR count). The lowest BCUT2D eigenvalue weighted by Gasteiger charge is -2.22. The number of phenols is 1. The Balaban J connectivity index is 1.40. The van der Waals surface area contributed by atoms with Crippen LogP contribution >= 0.6 is 0 Å². The third kappa shape index (κ3) is 8.42. The lowest BCUT2D eigenvalue weighted by atomic mass is 9.83. The summed E-state index contributed by atoms with van der Waals surface area (Å²) in [4.78, 5) is 10.5. The Morgan fingerprint density at radius 2 is 1.34 bits per heavy atom. The molecule has 0 unspecified atom stereocenters. The number of nitrogens with zero attached hydrogens (tertiary/aromatic N) is 3. The highest BCUT2D eigenvalue weighted by molar-refractivity contribution is 5.97. The molecule has 8 aromatic rings. The first kappa shape index (κ1) is 41.5. The van der Waals surface area contributed by atoms with Gasteiger partial charge in [-0.15, -0.1) is 0 Å². The van der Waals surface area contributed by atoms with Gasteiger partial charge in [0, 0.05) is 23.0 Å². The van der Waals surface area contributed by atoms with Gasteiger partial charge < -0.3 is 5.11 Å². The van der Waals surface area contributed by atoms with Gasteiger partial charge in [-0.3, -0.25) is 9.55 Å². The van der Waals surface area contributed by atoms with Crippen molar-refractivity contribution in [3.8, 4) is 67.5 Å². The predicted octanol–water partition coefficient (Wildman–Crippen LogP) is 15.5. The van der Waals surface area contributed by atoms with Crippen molar-refractivity contribution in [3.05, 3.63) is 167 Å². The van der Waals surface area contributed by atoms with Crippen molar-refractivity contribution in [1.29, 1.82) is 0 Å². The SMILES string of the molecule is Cc1ccc(-c2ccnc(-c3cc(-c4cccc5c4nc(-c4cc(C(C)C)cc(C(C)C)c4O)n5-c4ccc(-c5ccccc5)c(CC(C)C)c4)cc(C(C)(C)C)c3)c2)cc1. The molecule has 308 valence electrons. The van der Waals surface area contributed by atoms with Crippen LogP contribution in [0, 0.1) is 12.8 Å². The Bertz CT molecular complexity index is 2850. The fourth-order valence-electron chi connectivity index (χ4n) is 8.50. The van der Waals surface area contributed by atoms with Gasteiger partial charge in [-0.25, -0.2) is 4.98 Å². The number of aryl methyl sites for hydroxylation is 1. The van der Waals surface area contributed by atoms with Gasteiger partial charge in [0.15, 0.2) is 0 Å². The van der Waals surface area contributed by atoms with Crippen LogP contribution in [0.3, 0.4) is 0 Å². The van der Waals surface area contributed by atoms with E-state index in [2.05, 4.69) is 207 Å². The lowest BCUT2D eigenvalue weighted by Crippen LogP contribution is -2.11. The topological polar surface area (TPSA) is 50.9 Å². The number of aromatic nitrogens is 3. The molecule has 4 heteroatoms. The highest BCUT2D eigenvalue weighted by atomic mass is 16.3. The molecule has 1 N–H and O–H groups in total. The first-order valence-electron chi connectivity index (χ1n) is 21.9. The van der Waals surface area contributed by atoms with Crippen LogP contribution in [0.25, 0.3) is 72.7 Å². The summed E-state index contributed by atoms with van der Waals surface area (Å²) in [6, 6.07) is 48.2. The summed E-state index contributed by atoms with van der Waals surface area (Å²) in [5.41, 5.74) is 18.2. The number of pyridine rings is 1. The average molecular weight is 802 g/mol. The van der Waals surface area contributed by atoms with Crippen molar-refractivity contribution in [2.24, 2.45) is 5.92 Å². The molecular weight excluding hydrogens is 743 g/mol. The zero-order chi connectivity index (χ0) is 43.2. The second-order valence-electron chi connectivity index (χ2n) is 18.9. The Labute approximate surface area is 363 Å². The van der Waals surface area contributed by atoms with Crippen LogP contribution < -0.4 is 0 Å². The smallest absolute Gasteiger partial charge is 0.149 e. The van der Waals surface area contributed by atoms with Crippen molar-refractivity contribution in [2.75, 3.05) is 0 Å². The highest BCUT2D eigenvalue weighted by Crippen LogP contribution is 2.44. The van der Waals surface area contributed by atoms with Gasteiger partial charge in [-0.2, -0.15) is 0 Å². The maximum absolute atomic E-state index is 12.2. The fourth-order valence-corrected chi connectivity index (χ4v) is 8.50. The second-order valence-corrected chi connectivity index (χ2v) is 18.9. The van der Waals surface area contributed by atoms with Crippen LogP contribution in [0.5, 0.6) is 5.75 Å². The van der Waals surface area contributed by atoms with Crippen LogP contribution in [-0.4, -0.2) is 19.6 Å². The molecule has 0 bridgehead atoms. The van der Waals surface area contributed by atoms with Gasteiger partial charge in [0.2, 0.25) is 0 Å². The molecule has 0 radical (unpaired) electrons. The fraction of sp³-hybridized carbons (Fsp3) is 0.263. The van der Waals surface area contributed by atoms with E-state index in [1.165, 1.54) is 38.9 Å². The van der Waals surface area contributed by atoms with Crippen LogP contribution in [-0.2, 0) is 11.8 Å². The number of aromatic hydroxyl groups is 1. The summed E-state index contributed by atoms with van der Waals surface area (Å²) < 4.78 is 2.28. The Morgan fingerprint density at radius 3 is 2.03 bits per heavy atom. The third-order valence-electron chi connectivity index (χ3n) is 12.0. The van der Waals surface area contributed by atoms with Gasteiger partial charge in [0.1, 0.15) is 11.6 Å². The second kappa shape index (κ2) is 16.7. The number of hydrogen-bond donors (Lipinski definition) is 1.